The molecule has 2 aliphatic heterocycles. The summed E-state index contributed by atoms with van der Waals surface area (Å²) in [4.78, 5) is 21.3. The number of nitrogens with zero attached hydrogens (tertiary/aromatic N) is 5. The highest BCUT2D eigenvalue weighted by Crippen LogP contribution is 2.21. The smallest absolute Gasteiger partial charge is 0.246 e. The molecule has 2 aliphatic rings. The minimum atomic E-state index is 0.0551. The Morgan fingerprint density at radius 1 is 1.29 bits per heavy atom. The molecule has 1 aromatic carbocycles. The van der Waals surface area contributed by atoms with Gasteiger partial charge in [0.25, 0.3) is 0 Å². The molecule has 8 heteroatoms. The van der Waals surface area contributed by atoms with E-state index in [1.165, 1.54) is 11.1 Å². The van der Waals surface area contributed by atoms with Gasteiger partial charge >= 0.3 is 0 Å². The van der Waals surface area contributed by atoms with Crippen LogP contribution in [0.15, 0.2) is 35.6 Å². The summed E-state index contributed by atoms with van der Waals surface area (Å²) in [6.07, 6.45) is 3.59. The summed E-state index contributed by atoms with van der Waals surface area (Å²) in [7, 11) is 1.85. The van der Waals surface area contributed by atoms with Crippen LogP contribution in [0, 0.1) is 0 Å². The van der Waals surface area contributed by atoms with E-state index in [2.05, 4.69) is 28.6 Å². The molecule has 0 saturated carbocycles. The predicted molar refractivity (Wildman–Crippen MR) is 107 cm³/mol. The fourth-order valence-corrected chi connectivity index (χ4v) is 3.59. The van der Waals surface area contributed by atoms with Gasteiger partial charge in [-0.15, -0.1) is 0 Å². The number of hydrogen-bond donors (Lipinski definition) is 1. The van der Waals surface area contributed by atoms with Crippen LogP contribution in [0.2, 0.25) is 0 Å². The molecule has 1 fully saturated rings. The summed E-state index contributed by atoms with van der Waals surface area (Å²) < 4.78 is 7.20. The van der Waals surface area contributed by atoms with Crippen molar-refractivity contribution >= 4 is 17.6 Å². The van der Waals surface area contributed by atoms with E-state index in [9.17, 15) is 4.79 Å². The molecule has 4 rings (SSSR count). The zero-order valence-electron chi connectivity index (χ0n) is 16.4. The number of carbonyl (C=O) groups is 1. The lowest BCUT2D eigenvalue weighted by atomic mass is 10.1. The number of carbonyl (C=O) groups excluding carboxylic acids is 1. The average molecular weight is 382 g/mol. The molecule has 0 spiro atoms. The van der Waals surface area contributed by atoms with E-state index < -0.39 is 0 Å². The number of aliphatic imine (C=N–C) groups is 1. The number of benzene rings is 1. The first-order valence-electron chi connectivity index (χ1n) is 9.64. The first-order valence-corrected chi connectivity index (χ1v) is 9.64. The summed E-state index contributed by atoms with van der Waals surface area (Å²) in [5, 5.41) is 7.48. The number of piperazine rings is 1. The Balaban J connectivity index is 1.44. The van der Waals surface area contributed by atoms with Crippen LogP contribution in [0.4, 0.5) is 5.69 Å². The molecule has 0 unspecified atom stereocenters. The SMILES string of the molecule is CCNC(=NCc1ccc2c(c1)COC2)N1CCN(c2cnn(C)c2)C(=O)C1. The normalized spacial score (nSPS) is 17.2. The van der Waals surface area contributed by atoms with Gasteiger partial charge in [-0.1, -0.05) is 18.2 Å². The number of amides is 1. The van der Waals surface area contributed by atoms with Gasteiger partial charge in [0, 0.05) is 32.9 Å². The van der Waals surface area contributed by atoms with Gasteiger partial charge in [-0.25, -0.2) is 4.99 Å². The standard InChI is InChI=1S/C20H26N6O2/c1-3-21-20(22-9-15-4-5-16-13-28-14-17(16)8-15)25-6-7-26(19(27)12-25)18-10-23-24(2)11-18/h4-5,8,10-11H,3,6-7,9,12-14H2,1-2H3,(H,21,22). The molecule has 0 radical (unpaired) electrons. The number of aryl methyl sites for hydroxylation is 1. The molecule has 3 heterocycles. The molecular weight excluding hydrogens is 356 g/mol. The van der Waals surface area contributed by atoms with Crippen LogP contribution in [-0.4, -0.2) is 52.7 Å². The highest BCUT2D eigenvalue weighted by molar-refractivity contribution is 5.98. The maximum Gasteiger partial charge on any atom is 0.246 e. The Kier molecular flexibility index (Phi) is 5.29. The number of guanidine groups is 1. The molecule has 1 amide bonds. The van der Waals surface area contributed by atoms with Crippen molar-refractivity contribution in [2.24, 2.45) is 12.0 Å². The van der Waals surface area contributed by atoms with Crippen molar-refractivity contribution in [1.82, 2.24) is 20.0 Å². The van der Waals surface area contributed by atoms with Crippen molar-refractivity contribution in [3.8, 4) is 0 Å². The third-order valence-electron chi connectivity index (χ3n) is 5.06. The third-order valence-corrected chi connectivity index (χ3v) is 5.06. The average Bonchev–Trinajstić information content (AvgIpc) is 3.33. The lowest BCUT2D eigenvalue weighted by molar-refractivity contribution is -0.120. The molecule has 1 N–H and O–H groups in total. The van der Waals surface area contributed by atoms with Gasteiger partial charge in [0.05, 0.1) is 31.6 Å². The summed E-state index contributed by atoms with van der Waals surface area (Å²) in [5.74, 6) is 0.831. The first kappa shape index (κ1) is 18.5. The molecule has 0 aliphatic carbocycles. The molecule has 28 heavy (non-hydrogen) atoms. The van der Waals surface area contributed by atoms with Gasteiger partial charge < -0.3 is 19.9 Å². The van der Waals surface area contributed by atoms with Crippen molar-refractivity contribution < 1.29 is 9.53 Å². The van der Waals surface area contributed by atoms with Crippen LogP contribution in [0.5, 0.6) is 0 Å². The number of nitrogens with one attached hydrogen (secondary N) is 1. The predicted octanol–water partition coefficient (Wildman–Crippen LogP) is 1.26. The van der Waals surface area contributed by atoms with Crippen LogP contribution in [0.1, 0.15) is 23.6 Å². The quantitative estimate of drug-likeness (QED) is 0.637. The van der Waals surface area contributed by atoms with E-state index in [4.69, 9.17) is 9.73 Å². The van der Waals surface area contributed by atoms with Gasteiger partial charge in [-0.3, -0.25) is 9.48 Å². The van der Waals surface area contributed by atoms with Gasteiger partial charge in [-0.05, 0) is 23.6 Å². The Bertz CT molecular complexity index is 891. The molecule has 8 nitrogen and oxygen atoms in total. The van der Waals surface area contributed by atoms with Gasteiger partial charge in [0.2, 0.25) is 5.91 Å². The van der Waals surface area contributed by atoms with Crippen LogP contribution in [-0.2, 0) is 36.3 Å². The number of anilines is 1. The number of hydrogen-bond acceptors (Lipinski definition) is 4. The van der Waals surface area contributed by atoms with Crippen LogP contribution in [0.25, 0.3) is 0 Å². The molecule has 2 aromatic rings. The van der Waals surface area contributed by atoms with E-state index in [0.29, 0.717) is 32.8 Å². The second kappa shape index (κ2) is 8.02. The topological polar surface area (TPSA) is 75.0 Å². The van der Waals surface area contributed by atoms with Crippen LogP contribution < -0.4 is 10.2 Å². The summed E-state index contributed by atoms with van der Waals surface area (Å²) >= 11 is 0. The van der Waals surface area contributed by atoms with Crippen LogP contribution >= 0.6 is 0 Å². The van der Waals surface area contributed by atoms with Crippen molar-refractivity contribution in [1.29, 1.82) is 0 Å². The van der Waals surface area contributed by atoms with E-state index in [1.54, 1.807) is 15.8 Å². The van der Waals surface area contributed by atoms with E-state index in [0.717, 1.165) is 30.3 Å². The zero-order valence-corrected chi connectivity index (χ0v) is 16.4. The lowest BCUT2D eigenvalue weighted by Crippen LogP contribution is -2.55. The number of aromatic nitrogens is 2. The first-order chi connectivity index (χ1) is 13.6. The monoisotopic (exact) mass is 382 g/mol. The summed E-state index contributed by atoms with van der Waals surface area (Å²) in [5.41, 5.74) is 4.50. The minimum absolute atomic E-state index is 0.0551. The fourth-order valence-electron chi connectivity index (χ4n) is 3.59. The second-order valence-electron chi connectivity index (χ2n) is 7.11. The molecular formula is C20H26N6O2. The third kappa shape index (κ3) is 3.87. The van der Waals surface area contributed by atoms with E-state index in [-0.39, 0.29) is 5.91 Å². The maximum absolute atomic E-state index is 12.7. The van der Waals surface area contributed by atoms with Crippen molar-refractivity contribution in [2.45, 2.75) is 26.7 Å². The van der Waals surface area contributed by atoms with Crippen molar-refractivity contribution in [3.05, 3.63) is 47.3 Å². The van der Waals surface area contributed by atoms with Gasteiger partial charge in [-0.2, -0.15) is 5.10 Å². The highest BCUT2D eigenvalue weighted by atomic mass is 16.5. The minimum Gasteiger partial charge on any atom is -0.372 e. The summed E-state index contributed by atoms with van der Waals surface area (Å²) in [6.45, 7) is 6.40. The Hall–Kier alpha value is -2.87. The van der Waals surface area contributed by atoms with Gasteiger partial charge in [0.15, 0.2) is 5.96 Å². The molecule has 0 bridgehead atoms. The number of ether oxygens (including phenoxy) is 1. The molecule has 1 aromatic heterocycles. The number of rotatable bonds is 4. The van der Waals surface area contributed by atoms with E-state index in [1.807, 2.05) is 25.1 Å². The largest absolute Gasteiger partial charge is 0.372 e. The molecule has 148 valence electrons. The Labute approximate surface area is 164 Å². The maximum atomic E-state index is 12.7. The second-order valence-corrected chi connectivity index (χ2v) is 7.11. The summed E-state index contributed by atoms with van der Waals surface area (Å²) in [6, 6.07) is 6.39. The van der Waals surface area contributed by atoms with Crippen molar-refractivity contribution in [2.75, 3.05) is 31.1 Å². The van der Waals surface area contributed by atoms with E-state index >= 15 is 0 Å². The van der Waals surface area contributed by atoms with Gasteiger partial charge in [0.1, 0.15) is 6.54 Å². The lowest BCUT2D eigenvalue weighted by Gasteiger charge is -2.35. The zero-order chi connectivity index (χ0) is 19.5. The fraction of sp³-hybridized carbons (Fsp3) is 0.450. The number of fused-ring (bicyclic) bond motifs is 1. The Morgan fingerprint density at radius 3 is 2.89 bits per heavy atom. The van der Waals surface area contributed by atoms with Crippen LogP contribution in [0.3, 0.4) is 0 Å². The highest BCUT2D eigenvalue weighted by Gasteiger charge is 2.27. The molecule has 0 atom stereocenters. The van der Waals surface area contributed by atoms with Crippen molar-refractivity contribution in [3.63, 3.8) is 0 Å². The Morgan fingerprint density at radius 2 is 2.14 bits per heavy atom. The molecule has 1 saturated heterocycles.